The molecule has 0 heterocycles. The van der Waals surface area contributed by atoms with Gasteiger partial charge >= 0.3 is 0 Å². The monoisotopic (exact) mass is 292 g/mol. The van der Waals surface area contributed by atoms with Gasteiger partial charge in [-0.1, -0.05) is 17.7 Å². The Hall–Kier alpha value is -1.71. The van der Waals surface area contributed by atoms with Gasteiger partial charge < -0.3 is 14.6 Å². The average molecular weight is 293 g/mol. The molecule has 2 aromatic carbocycles. The number of hydrogen-bond donors (Lipinski definition) is 1. The number of hydrogen-bond acceptors (Lipinski definition) is 3. The van der Waals surface area contributed by atoms with Gasteiger partial charge in [0.1, 0.15) is 17.2 Å². The Labute approximate surface area is 123 Å². The molecule has 0 radical (unpaired) electrons. The summed E-state index contributed by atoms with van der Waals surface area (Å²) in [5, 5.41) is 10.6. The highest BCUT2D eigenvalue weighted by molar-refractivity contribution is 6.30. The smallest absolute Gasteiger partial charge is 0.136 e. The largest absolute Gasteiger partial charge is 0.496 e. The highest BCUT2D eigenvalue weighted by Gasteiger charge is 2.16. The number of methoxy groups -OCH3 is 1. The summed E-state index contributed by atoms with van der Waals surface area (Å²) in [6.45, 7) is 3.60. The van der Waals surface area contributed by atoms with Crippen LogP contribution >= 0.6 is 11.6 Å². The van der Waals surface area contributed by atoms with Crippen molar-refractivity contribution in [3.8, 4) is 17.2 Å². The van der Waals surface area contributed by atoms with Crippen LogP contribution in [0.4, 0.5) is 0 Å². The molecule has 0 saturated carbocycles. The third-order valence-electron chi connectivity index (χ3n) is 3.02. The Morgan fingerprint density at radius 2 is 1.80 bits per heavy atom. The average Bonchev–Trinajstić information content (AvgIpc) is 2.41. The lowest BCUT2D eigenvalue weighted by molar-refractivity contribution is 0.190. The zero-order valence-electron chi connectivity index (χ0n) is 11.7. The highest BCUT2D eigenvalue weighted by atomic mass is 35.5. The van der Waals surface area contributed by atoms with Gasteiger partial charge in [-0.15, -0.1) is 0 Å². The minimum absolute atomic E-state index is 0.574. The number of ether oxygens (including phenoxy) is 2. The SMILES string of the molecule is COc1cccc(Oc2ccc(Cl)cc2C)c1C(C)O. The van der Waals surface area contributed by atoms with Crippen molar-refractivity contribution >= 4 is 11.6 Å². The molecule has 0 saturated heterocycles. The maximum Gasteiger partial charge on any atom is 0.136 e. The molecule has 1 atom stereocenters. The van der Waals surface area contributed by atoms with E-state index in [4.69, 9.17) is 21.1 Å². The summed E-state index contributed by atoms with van der Waals surface area (Å²) in [7, 11) is 1.57. The second kappa shape index (κ2) is 6.16. The van der Waals surface area contributed by atoms with Gasteiger partial charge in [-0.25, -0.2) is 0 Å². The second-order valence-corrected chi connectivity index (χ2v) is 5.00. The number of aliphatic hydroxyl groups excluding tert-OH is 1. The standard InChI is InChI=1S/C16H17ClO3/c1-10-9-12(17)7-8-13(10)20-15-6-4-5-14(19-3)16(15)11(2)18/h4-9,11,18H,1-3H3. The predicted octanol–water partition coefficient (Wildman–Crippen LogP) is 4.50. The molecule has 20 heavy (non-hydrogen) atoms. The zero-order valence-corrected chi connectivity index (χ0v) is 12.4. The van der Waals surface area contributed by atoms with Gasteiger partial charge in [0.2, 0.25) is 0 Å². The minimum atomic E-state index is -0.686. The quantitative estimate of drug-likeness (QED) is 0.901. The highest BCUT2D eigenvalue weighted by Crippen LogP contribution is 2.37. The molecular formula is C16H17ClO3. The first kappa shape index (κ1) is 14.7. The normalized spacial score (nSPS) is 12.1. The molecule has 106 valence electrons. The maximum absolute atomic E-state index is 9.93. The molecule has 0 fully saturated rings. The van der Waals surface area contributed by atoms with Gasteiger partial charge in [-0.05, 0) is 49.7 Å². The number of halogens is 1. The van der Waals surface area contributed by atoms with Gasteiger partial charge in [0.05, 0.1) is 18.8 Å². The summed E-state index contributed by atoms with van der Waals surface area (Å²) in [5.41, 5.74) is 1.56. The van der Waals surface area contributed by atoms with Crippen LogP contribution in [0.5, 0.6) is 17.2 Å². The van der Waals surface area contributed by atoms with Crippen LogP contribution in [0.25, 0.3) is 0 Å². The summed E-state index contributed by atoms with van der Waals surface area (Å²) >= 11 is 5.93. The first-order valence-electron chi connectivity index (χ1n) is 6.32. The molecule has 2 aromatic rings. The van der Waals surface area contributed by atoms with Crippen LogP contribution < -0.4 is 9.47 Å². The molecule has 1 N–H and O–H groups in total. The second-order valence-electron chi connectivity index (χ2n) is 4.56. The van der Waals surface area contributed by atoms with Crippen molar-refractivity contribution in [3.05, 3.63) is 52.5 Å². The molecule has 1 unspecified atom stereocenters. The van der Waals surface area contributed by atoms with Crippen LogP contribution in [0.15, 0.2) is 36.4 Å². The fraction of sp³-hybridized carbons (Fsp3) is 0.250. The van der Waals surface area contributed by atoms with E-state index in [2.05, 4.69) is 0 Å². The minimum Gasteiger partial charge on any atom is -0.496 e. The molecule has 2 rings (SSSR count). The third kappa shape index (κ3) is 3.06. The van der Waals surface area contributed by atoms with E-state index in [-0.39, 0.29) is 0 Å². The van der Waals surface area contributed by atoms with Gasteiger partial charge in [0.25, 0.3) is 0 Å². The van der Waals surface area contributed by atoms with Gasteiger partial charge in [-0.3, -0.25) is 0 Å². The van der Waals surface area contributed by atoms with Crippen molar-refractivity contribution in [1.82, 2.24) is 0 Å². The van der Waals surface area contributed by atoms with Gasteiger partial charge in [-0.2, -0.15) is 0 Å². The zero-order chi connectivity index (χ0) is 14.7. The van der Waals surface area contributed by atoms with Crippen LogP contribution in [0, 0.1) is 6.92 Å². The van der Waals surface area contributed by atoms with E-state index in [1.54, 1.807) is 32.2 Å². The van der Waals surface area contributed by atoms with Crippen LogP contribution in [0.2, 0.25) is 5.02 Å². The van der Waals surface area contributed by atoms with E-state index < -0.39 is 6.10 Å². The lowest BCUT2D eigenvalue weighted by Gasteiger charge is -2.17. The summed E-state index contributed by atoms with van der Waals surface area (Å²) in [6.07, 6.45) is -0.686. The Morgan fingerprint density at radius 1 is 1.10 bits per heavy atom. The van der Waals surface area contributed by atoms with E-state index in [0.717, 1.165) is 5.56 Å². The molecular weight excluding hydrogens is 276 g/mol. The van der Waals surface area contributed by atoms with Crippen molar-refractivity contribution in [2.75, 3.05) is 7.11 Å². The molecule has 0 spiro atoms. The fourth-order valence-electron chi connectivity index (χ4n) is 2.05. The van der Waals surface area contributed by atoms with Crippen LogP contribution in [-0.2, 0) is 0 Å². The van der Waals surface area contributed by atoms with E-state index in [9.17, 15) is 5.11 Å². The number of aliphatic hydroxyl groups is 1. The van der Waals surface area contributed by atoms with Crippen molar-refractivity contribution in [2.45, 2.75) is 20.0 Å². The molecule has 0 bridgehead atoms. The lowest BCUT2D eigenvalue weighted by atomic mass is 10.1. The van der Waals surface area contributed by atoms with Crippen LogP contribution in [-0.4, -0.2) is 12.2 Å². The van der Waals surface area contributed by atoms with Crippen LogP contribution in [0.1, 0.15) is 24.2 Å². The molecule has 0 aromatic heterocycles. The molecule has 0 aliphatic heterocycles. The van der Waals surface area contributed by atoms with E-state index in [1.165, 1.54) is 0 Å². The molecule has 0 aliphatic rings. The van der Waals surface area contributed by atoms with Crippen LogP contribution in [0.3, 0.4) is 0 Å². The lowest BCUT2D eigenvalue weighted by Crippen LogP contribution is -2.00. The first-order chi connectivity index (χ1) is 9.52. The van der Waals surface area contributed by atoms with Crippen molar-refractivity contribution < 1.29 is 14.6 Å². The topological polar surface area (TPSA) is 38.7 Å². The molecule has 3 nitrogen and oxygen atoms in total. The Kier molecular flexibility index (Phi) is 4.53. The van der Waals surface area contributed by atoms with Crippen molar-refractivity contribution in [3.63, 3.8) is 0 Å². The summed E-state index contributed by atoms with van der Waals surface area (Å²) in [4.78, 5) is 0. The van der Waals surface area contributed by atoms with E-state index >= 15 is 0 Å². The number of rotatable bonds is 4. The molecule has 0 aliphatic carbocycles. The van der Waals surface area contributed by atoms with E-state index in [1.807, 2.05) is 25.1 Å². The predicted molar refractivity (Wildman–Crippen MR) is 79.9 cm³/mol. The third-order valence-corrected chi connectivity index (χ3v) is 3.26. The Balaban J connectivity index is 2.43. The maximum atomic E-state index is 9.93. The van der Waals surface area contributed by atoms with Gasteiger partial charge in [0, 0.05) is 5.02 Å². The fourth-order valence-corrected chi connectivity index (χ4v) is 2.28. The molecule has 4 heteroatoms. The summed E-state index contributed by atoms with van der Waals surface area (Å²) < 4.78 is 11.2. The molecule has 0 amide bonds. The number of aryl methyl sites for hydroxylation is 1. The Morgan fingerprint density at radius 3 is 2.40 bits per heavy atom. The van der Waals surface area contributed by atoms with E-state index in [0.29, 0.717) is 27.8 Å². The van der Waals surface area contributed by atoms with Gasteiger partial charge in [0.15, 0.2) is 0 Å². The summed E-state index contributed by atoms with van der Waals surface area (Å²) in [6, 6.07) is 10.8. The number of benzene rings is 2. The summed E-state index contributed by atoms with van der Waals surface area (Å²) in [5.74, 6) is 1.87. The Bertz CT molecular complexity index is 609. The first-order valence-corrected chi connectivity index (χ1v) is 6.69. The van der Waals surface area contributed by atoms with Crippen molar-refractivity contribution in [1.29, 1.82) is 0 Å². The van der Waals surface area contributed by atoms with Crippen molar-refractivity contribution in [2.24, 2.45) is 0 Å².